The summed E-state index contributed by atoms with van der Waals surface area (Å²) in [5, 5.41) is 12.1. The third kappa shape index (κ3) is 3.56. The SMILES string of the molecule is CCOC(=O)c1c(N)sc(C(=O)NC)c1CSc1nnc(C)n1C1CC1. The molecule has 10 heteroatoms. The van der Waals surface area contributed by atoms with Crippen LogP contribution in [-0.4, -0.2) is 40.3 Å². The number of hydrogen-bond acceptors (Lipinski definition) is 8. The van der Waals surface area contributed by atoms with Crippen LogP contribution in [0.2, 0.25) is 0 Å². The molecule has 0 aliphatic heterocycles. The van der Waals surface area contributed by atoms with E-state index >= 15 is 0 Å². The molecule has 1 aliphatic carbocycles. The van der Waals surface area contributed by atoms with Gasteiger partial charge in [-0.1, -0.05) is 11.8 Å². The molecule has 0 unspecified atom stereocenters. The number of thiophene rings is 1. The maximum absolute atomic E-state index is 12.3. The molecule has 0 atom stereocenters. The second kappa shape index (κ2) is 7.67. The van der Waals surface area contributed by atoms with E-state index in [0.717, 1.165) is 35.2 Å². The first-order valence-corrected chi connectivity index (χ1v) is 10.1. The van der Waals surface area contributed by atoms with Crippen molar-refractivity contribution >= 4 is 40.0 Å². The lowest BCUT2D eigenvalue weighted by molar-refractivity contribution is 0.0527. The van der Waals surface area contributed by atoms with E-state index in [2.05, 4.69) is 20.1 Å². The Bertz CT molecular complexity index is 841. The number of carbonyl (C=O) groups is 2. The number of anilines is 1. The fourth-order valence-electron chi connectivity index (χ4n) is 2.68. The Morgan fingerprint density at radius 3 is 2.77 bits per heavy atom. The number of aryl methyl sites for hydroxylation is 1. The number of carbonyl (C=O) groups excluding carboxylic acids is 2. The van der Waals surface area contributed by atoms with Crippen molar-refractivity contribution in [2.24, 2.45) is 0 Å². The summed E-state index contributed by atoms with van der Waals surface area (Å²) in [4.78, 5) is 25.0. The van der Waals surface area contributed by atoms with Gasteiger partial charge < -0.3 is 20.4 Å². The number of rotatable bonds is 7. The summed E-state index contributed by atoms with van der Waals surface area (Å²) in [6, 6.07) is 0.447. The van der Waals surface area contributed by atoms with Crippen molar-refractivity contribution in [3.05, 3.63) is 21.8 Å². The molecule has 1 saturated carbocycles. The molecule has 0 aromatic carbocycles. The number of amides is 1. The van der Waals surface area contributed by atoms with E-state index in [1.807, 2.05) is 6.92 Å². The number of aromatic nitrogens is 3. The van der Waals surface area contributed by atoms with Crippen LogP contribution in [0.4, 0.5) is 5.00 Å². The molecule has 0 radical (unpaired) electrons. The minimum atomic E-state index is -0.508. The Hall–Kier alpha value is -2.07. The predicted molar refractivity (Wildman–Crippen MR) is 101 cm³/mol. The lowest BCUT2D eigenvalue weighted by Gasteiger charge is -2.09. The first-order valence-electron chi connectivity index (χ1n) is 8.32. The van der Waals surface area contributed by atoms with Gasteiger partial charge in [-0.05, 0) is 26.7 Å². The van der Waals surface area contributed by atoms with Crippen molar-refractivity contribution in [2.75, 3.05) is 19.4 Å². The normalized spacial score (nSPS) is 13.7. The van der Waals surface area contributed by atoms with Crippen LogP contribution in [0.25, 0.3) is 0 Å². The summed E-state index contributed by atoms with van der Waals surface area (Å²) in [6.07, 6.45) is 2.24. The van der Waals surface area contributed by atoms with Gasteiger partial charge in [-0.3, -0.25) is 4.79 Å². The largest absolute Gasteiger partial charge is 0.462 e. The average molecular weight is 396 g/mol. The first kappa shape index (κ1) is 18.7. The van der Waals surface area contributed by atoms with Crippen molar-refractivity contribution in [2.45, 2.75) is 43.6 Å². The zero-order valence-electron chi connectivity index (χ0n) is 14.9. The first-order chi connectivity index (χ1) is 12.5. The third-order valence-electron chi connectivity index (χ3n) is 4.04. The second-order valence-corrected chi connectivity index (χ2v) is 7.86. The predicted octanol–water partition coefficient (Wildman–Crippen LogP) is 2.39. The van der Waals surface area contributed by atoms with Crippen LogP contribution in [0, 0.1) is 6.92 Å². The van der Waals surface area contributed by atoms with Crippen LogP contribution < -0.4 is 11.1 Å². The molecular formula is C16H21N5O3S2. The lowest BCUT2D eigenvalue weighted by atomic mass is 10.1. The van der Waals surface area contributed by atoms with Crippen LogP contribution >= 0.6 is 23.1 Å². The van der Waals surface area contributed by atoms with Gasteiger partial charge >= 0.3 is 5.97 Å². The van der Waals surface area contributed by atoms with E-state index < -0.39 is 5.97 Å². The van der Waals surface area contributed by atoms with Crippen molar-refractivity contribution in [3.8, 4) is 0 Å². The number of hydrogen-bond donors (Lipinski definition) is 2. The van der Waals surface area contributed by atoms with Gasteiger partial charge in [-0.25, -0.2) is 4.79 Å². The summed E-state index contributed by atoms with van der Waals surface area (Å²) < 4.78 is 7.23. The number of nitrogens with zero attached hydrogens (tertiary/aromatic N) is 3. The average Bonchev–Trinajstić information content (AvgIpc) is 3.30. The molecule has 1 amide bonds. The molecule has 3 rings (SSSR count). The van der Waals surface area contributed by atoms with Gasteiger partial charge in [0.1, 0.15) is 10.8 Å². The molecule has 2 heterocycles. The van der Waals surface area contributed by atoms with Gasteiger partial charge in [0.15, 0.2) is 5.16 Å². The van der Waals surface area contributed by atoms with Gasteiger partial charge in [0.25, 0.3) is 5.91 Å². The summed E-state index contributed by atoms with van der Waals surface area (Å²) in [7, 11) is 1.55. The van der Waals surface area contributed by atoms with E-state index in [0.29, 0.717) is 22.2 Å². The van der Waals surface area contributed by atoms with Crippen LogP contribution in [-0.2, 0) is 10.5 Å². The molecule has 1 aliphatic rings. The van der Waals surface area contributed by atoms with Crippen molar-refractivity contribution in [3.63, 3.8) is 0 Å². The Labute approximate surface area is 159 Å². The Morgan fingerprint density at radius 1 is 1.42 bits per heavy atom. The standard InChI is InChI=1S/C16H21N5O3S2/c1-4-24-15(23)11-10(12(14(22)18-3)26-13(11)17)7-25-16-20-19-8(2)21(16)9-5-6-9/h9H,4-7,17H2,1-3H3,(H,18,22). The van der Waals surface area contributed by atoms with E-state index in [1.165, 1.54) is 11.8 Å². The molecule has 2 aromatic rings. The van der Waals surface area contributed by atoms with Crippen molar-refractivity contribution in [1.29, 1.82) is 0 Å². The molecule has 0 bridgehead atoms. The summed E-state index contributed by atoms with van der Waals surface area (Å²) in [5.41, 5.74) is 6.88. The minimum absolute atomic E-state index is 0.241. The Morgan fingerprint density at radius 2 is 2.15 bits per heavy atom. The van der Waals surface area contributed by atoms with E-state index in [-0.39, 0.29) is 23.1 Å². The third-order valence-corrected chi connectivity index (χ3v) is 6.07. The maximum atomic E-state index is 12.3. The second-order valence-electron chi connectivity index (χ2n) is 5.87. The molecule has 140 valence electrons. The van der Waals surface area contributed by atoms with Crippen LogP contribution in [0.15, 0.2) is 5.16 Å². The Balaban J connectivity index is 1.92. The minimum Gasteiger partial charge on any atom is -0.462 e. The highest BCUT2D eigenvalue weighted by Crippen LogP contribution is 2.40. The number of nitrogen functional groups attached to an aromatic ring is 1. The topological polar surface area (TPSA) is 112 Å². The highest BCUT2D eigenvalue weighted by Gasteiger charge is 2.30. The van der Waals surface area contributed by atoms with Gasteiger partial charge in [0.05, 0.1) is 17.0 Å². The molecular weight excluding hydrogens is 374 g/mol. The quantitative estimate of drug-likeness (QED) is 0.547. The smallest absolute Gasteiger partial charge is 0.341 e. The lowest BCUT2D eigenvalue weighted by Crippen LogP contribution is -2.18. The Kier molecular flexibility index (Phi) is 5.52. The molecule has 8 nitrogen and oxygen atoms in total. The number of nitrogens with two attached hydrogens (primary N) is 1. The van der Waals surface area contributed by atoms with Gasteiger partial charge in [0, 0.05) is 24.4 Å². The molecule has 3 N–H and O–H groups in total. The fraction of sp³-hybridized carbons (Fsp3) is 0.500. The molecule has 26 heavy (non-hydrogen) atoms. The van der Waals surface area contributed by atoms with Gasteiger partial charge in [0.2, 0.25) is 0 Å². The number of ether oxygens (including phenoxy) is 1. The molecule has 1 fully saturated rings. The van der Waals surface area contributed by atoms with Crippen LogP contribution in [0.5, 0.6) is 0 Å². The number of esters is 1. The molecule has 0 spiro atoms. The fourth-order valence-corrected chi connectivity index (χ4v) is 4.88. The summed E-state index contributed by atoms with van der Waals surface area (Å²) in [6.45, 7) is 3.90. The zero-order valence-corrected chi connectivity index (χ0v) is 16.5. The maximum Gasteiger partial charge on any atom is 0.341 e. The zero-order chi connectivity index (χ0) is 18.8. The monoisotopic (exact) mass is 395 g/mol. The van der Waals surface area contributed by atoms with Gasteiger partial charge in [-0.2, -0.15) is 0 Å². The highest BCUT2D eigenvalue weighted by atomic mass is 32.2. The van der Waals surface area contributed by atoms with E-state index in [1.54, 1.807) is 14.0 Å². The molecule has 0 saturated heterocycles. The van der Waals surface area contributed by atoms with Crippen molar-refractivity contribution < 1.29 is 14.3 Å². The van der Waals surface area contributed by atoms with Crippen LogP contribution in [0.3, 0.4) is 0 Å². The number of nitrogens with one attached hydrogen (secondary N) is 1. The van der Waals surface area contributed by atoms with Gasteiger partial charge in [-0.15, -0.1) is 21.5 Å². The van der Waals surface area contributed by atoms with Crippen LogP contribution in [0.1, 0.15) is 57.2 Å². The summed E-state index contributed by atoms with van der Waals surface area (Å²) in [5.74, 6) is 0.478. The van der Waals surface area contributed by atoms with E-state index in [9.17, 15) is 9.59 Å². The number of thioether (sulfide) groups is 1. The molecule has 2 aromatic heterocycles. The highest BCUT2D eigenvalue weighted by molar-refractivity contribution is 7.98. The summed E-state index contributed by atoms with van der Waals surface area (Å²) >= 11 is 2.55. The van der Waals surface area contributed by atoms with E-state index in [4.69, 9.17) is 10.5 Å². The van der Waals surface area contributed by atoms with Crippen molar-refractivity contribution in [1.82, 2.24) is 20.1 Å².